The van der Waals surface area contributed by atoms with Gasteiger partial charge in [-0.1, -0.05) is 42.5 Å². The molecule has 0 aliphatic carbocycles. The summed E-state index contributed by atoms with van der Waals surface area (Å²) in [7, 11) is -0.710. The highest BCUT2D eigenvalue weighted by atomic mass is 32.2. The Morgan fingerprint density at radius 2 is 1.71 bits per heavy atom. The van der Waals surface area contributed by atoms with E-state index in [1.807, 2.05) is 6.07 Å². The second-order valence-electron chi connectivity index (χ2n) is 6.60. The number of aliphatic hydroxyl groups is 1. The van der Waals surface area contributed by atoms with Gasteiger partial charge in [-0.05, 0) is 42.0 Å². The number of fused-ring (bicyclic) bond motifs is 3. The average molecular weight is 300 g/mol. The van der Waals surface area contributed by atoms with Crippen molar-refractivity contribution in [1.82, 2.24) is 0 Å². The molecule has 2 unspecified atom stereocenters. The smallest absolute Gasteiger partial charge is 0.0711 e. The van der Waals surface area contributed by atoms with Crippen LogP contribution in [-0.4, -0.2) is 25.4 Å². The Morgan fingerprint density at radius 3 is 2.48 bits per heavy atom. The highest BCUT2D eigenvalue weighted by Gasteiger charge is 2.47. The first-order valence-corrected chi connectivity index (χ1v) is 9.01. The minimum atomic E-state index is -0.710. The summed E-state index contributed by atoms with van der Waals surface area (Å²) in [5, 5.41) is 13.9. The molecule has 2 saturated heterocycles. The first kappa shape index (κ1) is 13.5. The van der Waals surface area contributed by atoms with Crippen molar-refractivity contribution in [2.45, 2.75) is 48.2 Å². The second kappa shape index (κ2) is 4.92. The molecule has 3 heteroatoms. The zero-order valence-corrected chi connectivity index (χ0v) is 12.8. The van der Waals surface area contributed by atoms with Crippen LogP contribution in [0.1, 0.15) is 31.2 Å². The Bertz CT molecular complexity index is 688. The lowest BCUT2D eigenvalue weighted by molar-refractivity contribution is 0.0233. The van der Waals surface area contributed by atoms with Gasteiger partial charge >= 0.3 is 0 Å². The molecule has 0 spiro atoms. The Hall–Kier alpha value is -1.19. The van der Waals surface area contributed by atoms with Crippen molar-refractivity contribution in [3.05, 3.63) is 48.0 Å². The third-order valence-corrected chi connectivity index (χ3v) is 7.20. The van der Waals surface area contributed by atoms with E-state index in [0.717, 1.165) is 12.8 Å². The van der Waals surface area contributed by atoms with E-state index in [4.69, 9.17) is 0 Å². The molecule has 2 atom stereocenters. The normalized spacial score (nSPS) is 35.2. The zero-order chi connectivity index (χ0) is 14.4. The van der Waals surface area contributed by atoms with Crippen LogP contribution >= 0.6 is 0 Å². The van der Waals surface area contributed by atoms with Gasteiger partial charge in [-0.3, -0.25) is 4.21 Å². The number of rotatable bonds is 2. The fourth-order valence-corrected chi connectivity index (χ4v) is 6.35. The predicted molar refractivity (Wildman–Crippen MR) is 86.8 cm³/mol. The van der Waals surface area contributed by atoms with Crippen LogP contribution in [-0.2, 0) is 17.2 Å². The summed E-state index contributed by atoms with van der Waals surface area (Å²) < 4.78 is 12.1. The molecule has 2 nitrogen and oxygen atoms in total. The van der Waals surface area contributed by atoms with Gasteiger partial charge < -0.3 is 5.11 Å². The Morgan fingerprint density at radius 1 is 1.05 bits per heavy atom. The maximum Gasteiger partial charge on any atom is 0.0711 e. The van der Waals surface area contributed by atoms with Crippen molar-refractivity contribution in [2.75, 3.05) is 0 Å². The van der Waals surface area contributed by atoms with Crippen molar-refractivity contribution in [1.29, 1.82) is 0 Å². The van der Waals surface area contributed by atoms with Crippen molar-refractivity contribution in [3.8, 4) is 0 Å². The van der Waals surface area contributed by atoms with Crippen molar-refractivity contribution >= 4 is 21.6 Å². The summed E-state index contributed by atoms with van der Waals surface area (Å²) in [5.41, 5.74) is 0.534. The van der Waals surface area contributed by atoms with Crippen molar-refractivity contribution in [3.63, 3.8) is 0 Å². The molecule has 2 bridgehead atoms. The monoisotopic (exact) mass is 300 g/mol. The van der Waals surface area contributed by atoms with E-state index in [0.29, 0.717) is 19.3 Å². The Labute approximate surface area is 127 Å². The first-order valence-electron chi connectivity index (χ1n) is 7.73. The van der Waals surface area contributed by atoms with Gasteiger partial charge in [0.2, 0.25) is 0 Å². The van der Waals surface area contributed by atoms with Crippen molar-refractivity contribution < 1.29 is 9.32 Å². The molecule has 0 aromatic heterocycles. The summed E-state index contributed by atoms with van der Waals surface area (Å²) in [6.45, 7) is 0. The average Bonchev–Trinajstić information content (AvgIpc) is 2.71. The fourth-order valence-electron chi connectivity index (χ4n) is 4.12. The lowest BCUT2D eigenvalue weighted by Crippen LogP contribution is -2.44. The van der Waals surface area contributed by atoms with Crippen LogP contribution in [0.15, 0.2) is 42.5 Å². The third-order valence-electron chi connectivity index (χ3n) is 5.08. The van der Waals surface area contributed by atoms with Gasteiger partial charge in [0, 0.05) is 27.7 Å². The molecule has 0 radical (unpaired) electrons. The molecule has 2 fully saturated rings. The molecule has 2 aliphatic heterocycles. The summed E-state index contributed by atoms with van der Waals surface area (Å²) in [4.78, 5) is 0. The standard InChI is InChI=1S/C18H20O2S/c19-18(11-15-8-9-16(12-18)21(15)20)10-14-6-3-5-13-4-1-2-7-17(13)14/h1-7,15-16,19H,8-12H2. The van der Waals surface area contributed by atoms with Gasteiger partial charge in [-0.2, -0.15) is 0 Å². The minimum absolute atomic E-state index is 0.212. The van der Waals surface area contributed by atoms with E-state index in [2.05, 4.69) is 36.4 Å². The summed E-state index contributed by atoms with van der Waals surface area (Å²) in [6, 6.07) is 14.6. The van der Waals surface area contributed by atoms with E-state index in [1.165, 1.54) is 16.3 Å². The fraction of sp³-hybridized carbons (Fsp3) is 0.444. The summed E-state index contributed by atoms with van der Waals surface area (Å²) >= 11 is 0. The highest BCUT2D eigenvalue weighted by Crippen LogP contribution is 2.42. The van der Waals surface area contributed by atoms with Crippen LogP contribution < -0.4 is 0 Å². The van der Waals surface area contributed by atoms with E-state index in [9.17, 15) is 9.32 Å². The molecule has 2 aromatic rings. The summed E-state index contributed by atoms with van der Waals surface area (Å²) in [5.74, 6) is 0. The molecule has 0 amide bonds. The molecule has 21 heavy (non-hydrogen) atoms. The highest BCUT2D eigenvalue weighted by molar-refractivity contribution is 7.86. The van der Waals surface area contributed by atoms with Gasteiger partial charge in [0.25, 0.3) is 0 Å². The SMILES string of the molecule is O=S1C2CCC1CC(O)(Cc1cccc3ccccc13)C2. The van der Waals surface area contributed by atoms with Crippen LogP contribution in [0, 0.1) is 0 Å². The van der Waals surface area contributed by atoms with Gasteiger partial charge in [-0.15, -0.1) is 0 Å². The largest absolute Gasteiger partial charge is 0.389 e. The lowest BCUT2D eigenvalue weighted by atomic mass is 9.85. The molecule has 110 valence electrons. The van der Waals surface area contributed by atoms with Crippen molar-refractivity contribution in [2.24, 2.45) is 0 Å². The molecule has 1 N–H and O–H groups in total. The zero-order valence-electron chi connectivity index (χ0n) is 12.0. The molecular weight excluding hydrogens is 280 g/mol. The van der Waals surface area contributed by atoms with Crippen LogP contribution in [0.5, 0.6) is 0 Å². The molecule has 4 rings (SSSR count). The maximum absolute atomic E-state index is 12.1. The molecule has 2 heterocycles. The van der Waals surface area contributed by atoms with Gasteiger partial charge in [0.15, 0.2) is 0 Å². The second-order valence-corrected chi connectivity index (χ2v) is 8.59. The van der Waals surface area contributed by atoms with Crippen LogP contribution in [0.4, 0.5) is 0 Å². The first-order chi connectivity index (χ1) is 10.1. The van der Waals surface area contributed by atoms with Gasteiger partial charge in [-0.25, -0.2) is 0 Å². The lowest BCUT2D eigenvalue weighted by Gasteiger charge is -2.36. The number of benzene rings is 2. The van der Waals surface area contributed by atoms with E-state index in [1.54, 1.807) is 0 Å². The minimum Gasteiger partial charge on any atom is -0.389 e. The maximum atomic E-state index is 12.1. The number of hydrogen-bond acceptors (Lipinski definition) is 2. The van der Waals surface area contributed by atoms with Crippen LogP contribution in [0.25, 0.3) is 10.8 Å². The molecular formula is C18H20O2S. The Balaban J connectivity index is 1.67. The van der Waals surface area contributed by atoms with Crippen LogP contribution in [0.2, 0.25) is 0 Å². The van der Waals surface area contributed by atoms with E-state index >= 15 is 0 Å². The predicted octanol–water partition coefficient (Wildman–Crippen LogP) is 3.19. The number of hydrogen-bond donors (Lipinski definition) is 1. The quantitative estimate of drug-likeness (QED) is 0.925. The van der Waals surface area contributed by atoms with E-state index < -0.39 is 16.4 Å². The Kier molecular flexibility index (Phi) is 3.16. The summed E-state index contributed by atoms with van der Waals surface area (Å²) in [6.07, 6.45) is 4.11. The van der Waals surface area contributed by atoms with E-state index in [-0.39, 0.29) is 10.5 Å². The molecule has 0 saturated carbocycles. The van der Waals surface area contributed by atoms with Gasteiger partial charge in [0.05, 0.1) is 5.60 Å². The van der Waals surface area contributed by atoms with Crippen LogP contribution in [0.3, 0.4) is 0 Å². The molecule has 2 aliphatic rings. The molecule has 2 aromatic carbocycles. The topological polar surface area (TPSA) is 37.3 Å². The van der Waals surface area contributed by atoms with Gasteiger partial charge in [0.1, 0.15) is 0 Å². The third kappa shape index (κ3) is 2.33.